The van der Waals surface area contributed by atoms with E-state index in [1.165, 1.54) is 11.0 Å². The van der Waals surface area contributed by atoms with Crippen molar-refractivity contribution in [3.63, 3.8) is 0 Å². The van der Waals surface area contributed by atoms with Crippen LogP contribution in [-0.4, -0.2) is 53.8 Å². The molecule has 1 saturated carbocycles. The van der Waals surface area contributed by atoms with E-state index in [2.05, 4.69) is 10.6 Å². The number of piperidine rings is 1. The second-order valence-electron chi connectivity index (χ2n) is 10.5. The number of para-hydroxylation sites is 1. The van der Waals surface area contributed by atoms with Gasteiger partial charge in [-0.25, -0.2) is 9.18 Å². The minimum absolute atomic E-state index is 0.0631. The third kappa shape index (κ3) is 4.31. The topological polar surface area (TPSA) is 125 Å². The van der Waals surface area contributed by atoms with Crippen molar-refractivity contribution in [2.24, 2.45) is 0 Å². The summed E-state index contributed by atoms with van der Waals surface area (Å²) in [6, 6.07) is 8.19. The fraction of sp³-hybridized carbons (Fsp3) is 0.393. The van der Waals surface area contributed by atoms with Crippen molar-refractivity contribution in [2.45, 2.75) is 63.3 Å². The number of anilines is 1. The monoisotopic (exact) mass is 534 g/mol. The predicted molar refractivity (Wildman–Crippen MR) is 135 cm³/mol. The molecule has 3 heterocycles. The van der Waals surface area contributed by atoms with Gasteiger partial charge in [-0.2, -0.15) is 0 Å². The summed E-state index contributed by atoms with van der Waals surface area (Å²) in [6.07, 6.45) is 0.988. The first-order chi connectivity index (χ1) is 18.7. The molecule has 0 radical (unpaired) electrons. The SMILES string of the molecule is CN1C(=O)Cc2cccc(C3CC(OC(=O)NCc4ccc5c(c4F)C(=O)N([C@@H]4CCC(=O)NC4=O)C5)C3)c21. The molecule has 39 heavy (non-hydrogen) atoms. The van der Waals surface area contributed by atoms with Gasteiger partial charge >= 0.3 is 6.09 Å². The molecule has 1 atom stereocenters. The summed E-state index contributed by atoms with van der Waals surface area (Å²) in [7, 11) is 1.77. The van der Waals surface area contributed by atoms with Crippen molar-refractivity contribution >= 4 is 35.4 Å². The number of alkyl carbamates (subject to hydrolysis) is 1. The van der Waals surface area contributed by atoms with Crippen molar-refractivity contribution in [1.82, 2.24) is 15.5 Å². The van der Waals surface area contributed by atoms with Crippen LogP contribution < -0.4 is 15.5 Å². The molecule has 5 amide bonds. The van der Waals surface area contributed by atoms with Crippen LogP contribution in [0.15, 0.2) is 30.3 Å². The number of benzene rings is 2. The minimum atomic E-state index is -0.831. The zero-order chi connectivity index (χ0) is 27.4. The van der Waals surface area contributed by atoms with Crippen LogP contribution in [0.5, 0.6) is 0 Å². The number of rotatable bonds is 5. The number of carbonyl (C=O) groups excluding carboxylic acids is 5. The fourth-order valence-electron chi connectivity index (χ4n) is 5.96. The number of fused-ring (bicyclic) bond motifs is 2. The number of amides is 5. The fourth-order valence-corrected chi connectivity index (χ4v) is 5.96. The van der Waals surface area contributed by atoms with Gasteiger partial charge in [-0.3, -0.25) is 24.5 Å². The average Bonchev–Trinajstić information content (AvgIpc) is 3.36. The number of likely N-dealkylation sites (N-methyl/N-ethyl adjacent to an activating group) is 1. The number of nitrogens with one attached hydrogen (secondary N) is 2. The summed E-state index contributed by atoms with van der Waals surface area (Å²) in [6.45, 7) is -0.0938. The Kier molecular flexibility index (Phi) is 6.08. The van der Waals surface area contributed by atoms with Crippen LogP contribution in [-0.2, 0) is 38.6 Å². The lowest BCUT2D eigenvalue weighted by Crippen LogP contribution is -2.52. The van der Waals surface area contributed by atoms with Crippen LogP contribution >= 0.6 is 0 Å². The van der Waals surface area contributed by atoms with Gasteiger partial charge in [0.1, 0.15) is 18.0 Å². The molecule has 2 aromatic carbocycles. The highest BCUT2D eigenvalue weighted by atomic mass is 19.1. The Morgan fingerprint density at radius 2 is 1.92 bits per heavy atom. The Morgan fingerprint density at radius 1 is 1.13 bits per heavy atom. The van der Waals surface area contributed by atoms with Gasteiger partial charge in [0.15, 0.2) is 0 Å². The van der Waals surface area contributed by atoms with E-state index in [4.69, 9.17) is 4.74 Å². The van der Waals surface area contributed by atoms with Crippen molar-refractivity contribution in [3.8, 4) is 0 Å². The predicted octanol–water partition coefficient (Wildman–Crippen LogP) is 2.28. The Bertz CT molecular complexity index is 1440. The largest absolute Gasteiger partial charge is 0.446 e. The normalized spacial score (nSPS) is 23.8. The lowest BCUT2D eigenvalue weighted by Gasteiger charge is -2.36. The van der Waals surface area contributed by atoms with Gasteiger partial charge in [-0.05, 0) is 41.9 Å². The third-order valence-corrected chi connectivity index (χ3v) is 8.14. The van der Waals surface area contributed by atoms with Gasteiger partial charge in [0, 0.05) is 32.1 Å². The summed E-state index contributed by atoms with van der Waals surface area (Å²) in [5, 5.41) is 4.78. The minimum Gasteiger partial charge on any atom is -0.446 e. The summed E-state index contributed by atoms with van der Waals surface area (Å²) in [5.41, 5.74) is 3.51. The lowest BCUT2D eigenvalue weighted by atomic mass is 9.76. The highest BCUT2D eigenvalue weighted by Gasteiger charge is 2.41. The van der Waals surface area contributed by atoms with Crippen LogP contribution in [0.3, 0.4) is 0 Å². The highest BCUT2D eigenvalue weighted by Crippen LogP contribution is 2.45. The van der Waals surface area contributed by atoms with E-state index in [1.54, 1.807) is 18.0 Å². The second-order valence-corrected chi connectivity index (χ2v) is 10.5. The molecule has 0 bridgehead atoms. The van der Waals surface area contributed by atoms with Crippen LogP contribution in [0, 0.1) is 5.82 Å². The van der Waals surface area contributed by atoms with Crippen LogP contribution in [0.4, 0.5) is 14.9 Å². The summed E-state index contributed by atoms with van der Waals surface area (Å²) in [5.74, 6) is -2.06. The van der Waals surface area contributed by atoms with Gasteiger partial charge in [0.05, 0.1) is 17.7 Å². The average molecular weight is 535 g/mol. The zero-order valence-corrected chi connectivity index (χ0v) is 21.3. The van der Waals surface area contributed by atoms with E-state index >= 15 is 4.39 Å². The first kappa shape index (κ1) is 25.0. The number of ether oxygens (including phenoxy) is 1. The first-order valence-electron chi connectivity index (χ1n) is 13.0. The maximum atomic E-state index is 15.3. The molecule has 2 fully saturated rings. The quantitative estimate of drug-likeness (QED) is 0.567. The van der Waals surface area contributed by atoms with E-state index in [0.29, 0.717) is 24.8 Å². The van der Waals surface area contributed by atoms with Crippen molar-refractivity contribution < 1.29 is 33.1 Å². The van der Waals surface area contributed by atoms with Gasteiger partial charge in [-0.15, -0.1) is 0 Å². The Morgan fingerprint density at radius 3 is 2.69 bits per heavy atom. The molecule has 3 aliphatic heterocycles. The van der Waals surface area contributed by atoms with Crippen LogP contribution in [0.1, 0.15) is 64.2 Å². The van der Waals surface area contributed by atoms with E-state index in [0.717, 1.165) is 16.8 Å². The maximum absolute atomic E-state index is 15.3. The smallest absolute Gasteiger partial charge is 0.407 e. The molecule has 0 spiro atoms. The number of imide groups is 1. The summed E-state index contributed by atoms with van der Waals surface area (Å²) < 4.78 is 20.8. The first-order valence-corrected chi connectivity index (χ1v) is 13.0. The van der Waals surface area contributed by atoms with E-state index in [-0.39, 0.29) is 55.0 Å². The molecule has 2 N–H and O–H groups in total. The van der Waals surface area contributed by atoms with Crippen LogP contribution in [0.2, 0.25) is 0 Å². The Balaban J connectivity index is 1.04. The molecule has 2 aromatic rings. The zero-order valence-electron chi connectivity index (χ0n) is 21.3. The number of hydrogen-bond acceptors (Lipinski definition) is 6. The molecule has 10 nitrogen and oxygen atoms in total. The molecular formula is C28H27FN4O6. The van der Waals surface area contributed by atoms with Crippen LogP contribution in [0.25, 0.3) is 0 Å². The maximum Gasteiger partial charge on any atom is 0.407 e. The molecule has 0 unspecified atom stereocenters. The Labute approximate surface area is 223 Å². The molecule has 1 saturated heterocycles. The van der Waals surface area contributed by atoms with Gasteiger partial charge in [0.25, 0.3) is 5.91 Å². The standard InChI is InChI=1S/C28H27FN4O6/c1-32-22(35)11-14-3-2-4-19(25(14)32)17-9-18(10-17)39-28(38)30-12-15-5-6-16-13-33(27(37)23(16)24(15)29)20-7-8-21(34)31-26(20)36/h2-6,17-18,20H,7-13H2,1H3,(H,30,38)(H,31,34,36)/t17?,18?,20-/m1/s1. The van der Waals surface area contributed by atoms with E-state index < -0.39 is 35.7 Å². The van der Waals surface area contributed by atoms with Crippen molar-refractivity contribution in [2.75, 3.05) is 11.9 Å². The summed E-state index contributed by atoms with van der Waals surface area (Å²) in [4.78, 5) is 64.1. The number of nitrogens with zero attached hydrogens (tertiary/aromatic N) is 2. The number of halogens is 1. The molecule has 4 aliphatic rings. The third-order valence-electron chi connectivity index (χ3n) is 8.14. The number of hydrogen-bond donors (Lipinski definition) is 2. The number of carbonyl (C=O) groups is 5. The van der Waals surface area contributed by atoms with Gasteiger partial charge in [-0.1, -0.05) is 30.3 Å². The molecule has 202 valence electrons. The highest BCUT2D eigenvalue weighted by molar-refractivity contribution is 6.05. The molecular weight excluding hydrogens is 507 g/mol. The van der Waals surface area contributed by atoms with Crippen molar-refractivity contribution in [3.05, 3.63) is 64.0 Å². The van der Waals surface area contributed by atoms with E-state index in [1.807, 2.05) is 18.2 Å². The molecule has 0 aromatic heterocycles. The molecule has 11 heteroatoms. The van der Waals surface area contributed by atoms with E-state index in [9.17, 15) is 24.0 Å². The molecule has 1 aliphatic carbocycles. The second kappa shape index (κ2) is 9.48. The summed E-state index contributed by atoms with van der Waals surface area (Å²) >= 11 is 0. The Hall–Kier alpha value is -4.28. The van der Waals surface area contributed by atoms with Gasteiger partial charge < -0.3 is 19.9 Å². The van der Waals surface area contributed by atoms with Gasteiger partial charge in [0.2, 0.25) is 17.7 Å². The lowest BCUT2D eigenvalue weighted by molar-refractivity contribution is -0.137. The van der Waals surface area contributed by atoms with Crippen molar-refractivity contribution in [1.29, 1.82) is 0 Å². The molecule has 6 rings (SSSR count).